The minimum absolute atomic E-state index is 0.0133. The Morgan fingerprint density at radius 2 is 1.21 bits per heavy atom. The highest BCUT2D eigenvalue weighted by molar-refractivity contribution is 6.00. The second-order valence-electron chi connectivity index (χ2n) is 24.4. The normalized spacial score (nSPS) is 17.8. The van der Waals surface area contributed by atoms with Crippen LogP contribution in [-0.2, 0) is 73.5 Å². The number of carboxylic acids is 2. The Hall–Kier alpha value is -8.98. The van der Waals surface area contributed by atoms with Gasteiger partial charge >= 0.3 is 11.9 Å². The summed E-state index contributed by atoms with van der Waals surface area (Å²) < 4.78 is 0. The fraction of sp³-hybridized carbons (Fsp3) is 0.690. The first-order valence-corrected chi connectivity index (χ1v) is 31.0. The molecule has 0 bridgehead atoms. The van der Waals surface area contributed by atoms with Crippen LogP contribution in [-0.4, -0.2) is 211 Å². The standard InChI is InChI=1S/C58H96N18O16/c1-10-31(8)46(54(88)73-45(30(6)7)53(87)70-35(57(91)92)14-11-19-64-58(61)62)74-51(85)40-16-12-20-75(40)55(89)32(9)67-50(84)39-15-13-21-76(39)56(90)38(22-28(2)3)68-42(78)26-65-47(81)34(17-18-43(79)80)69-49(83)37(24-41(59)77)71-48(82)36(23-33-25-63-27-66-33)72-52(86)44(60)29(4)5/h25,27-32,34-40,44-46H,10-24,26,60H2,1-9H3,(H2,59,77)(H,63,66)(H,65,81)(H,67,84)(H,68,78)(H,69,83)(H,70,87)(H,71,82)(H,72,86)(H,73,88)(H,74,85)(H,79,80)(H,91,92)(H4,61,62,64)/t31-,32-,34-,35-,36-,37-,38-,39-,40-,44-,45-,46-/m0/s1. The zero-order valence-corrected chi connectivity index (χ0v) is 53.8. The van der Waals surface area contributed by atoms with Gasteiger partial charge in [-0.3, -0.25) is 67.3 Å². The van der Waals surface area contributed by atoms with E-state index in [1.54, 1.807) is 55.4 Å². The van der Waals surface area contributed by atoms with Crippen molar-refractivity contribution in [3.8, 4) is 0 Å². The van der Waals surface area contributed by atoms with Gasteiger partial charge in [0.2, 0.25) is 70.9 Å². The number of imidazole rings is 1. The van der Waals surface area contributed by atoms with E-state index in [0.717, 1.165) is 0 Å². The minimum Gasteiger partial charge on any atom is -0.481 e. The third kappa shape index (κ3) is 24.7. The summed E-state index contributed by atoms with van der Waals surface area (Å²) >= 11 is 0. The number of aromatic nitrogens is 2. The van der Waals surface area contributed by atoms with Gasteiger partial charge in [0, 0.05) is 44.4 Å². The lowest BCUT2D eigenvalue weighted by Gasteiger charge is -2.32. The Bertz CT molecular complexity index is 2790. The molecule has 20 N–H and O–H groups in total. The molecular formula is C58H96N18O16. The second-order valence-corrected chi connectivity index (χ2v) is 24.4. The largest absolute Gasteiger partial charge is 0.481 e. The molecule has 2 saturated heterocycles. The molecule has 2 aliphatic heterocycles. The van der Waals surface area contributed by atoms with Crippen molar-refractivity contribution >= 4 is 88.8 Å². The summed E-state index contributed by atoms with van der Waals surface area (Å²) in [6.45, 7) is 14.6. The molecule has 0 spiro atoms. The summed E-state index contributed by atoms with van der Waals surface area (Å²) in [6.07, 6.45) is 2.32. The summed E-state index contributed by atoms with van der Waals surface area (Å²) in [5, 5.41) is 42.0. The average Bonchev–Trinajstić information content (AvgIpc) is 1.63. The molecule has 0 saturated carbocycles. The molecule has 0 unspecified atom stereocenters. The molecule has 1 aromatic heterocycles. The fourth-order valence-electron chi connectivity index (χ4n) is 10.3. The lowest BCUT2D eigenvalue weighted by Crippen LogP contribution is -2.61. The summed E-state index contributed by atoms with van der Waals surface area (Å²) in [5.74, 6) is -14.4. The predicted molar refractivity (Wildman–Crippen MR) is 331 cm³/mol. The average molecular weight is 1300 g/mol. The Balaban J connectivity index is 1.71. The van der Waals surface area contributed by atoms with Gasteiger partial charge in [0.1, 0.15) is 60.4 Å². The maximum absolute atomic E-state index is 14.3. The zero-order valence-electron chi connectivity index (χ0n) is 53.8. The number of carbonyl (C=O) groups excluding carboxylic acids is 12. The number of aliphatic imine (C=N–C) groups is 1. The highest BCUT2D eigenvalue weighted by Gasteiger charge is 2.43. The van der Waals surface area contributed by atoms with E-state index in [1.807, 2.05) is 0 Å². The predicted octanol–water partition coefficient (Wildman–Crippen LogP) is -4.44. The first kappa shape index (κ1) is 77.3. The lowest BCUT2D eigenvalue weighted by atomic mass is 9.96. The number of hydrogen-bond donors (Lipinski definition) is 16. The van der Waals surface area contributed by atoms with Gasteiger partial charge in [-0.15, -0.1) is 0 Å². The van der Waals surface area contributed by atoms with Gasteiger partial charge < -0.3 is 95.8 Å². The van der Waals surface area contributed by atoms with Crippen molar-refractivity contribution in [3.05, 3.63) is 18.2 Å². The number of rotatable bonds is 38. The number of nitrogens with two attached hydrogens (primary N) is 4. The van der Waals surface area contributed by atoms with Crippen molar-refractivity contribution in [1.82, 2.24) is 67.6 Å². The van der Waals surface area contributed by atoms with Crippen molar-refractivity contribution in [2.75, 3.05) is 26.2 Å². The molecule has 12 atom stereocenters. The topological polar surface area (TPSA) is 539 Å². The van der Waals surface area contributed by atoms with Gasteiger partial charge in [-0.25, -0.2) is 9.78 Å². The summed E-state index contributed by atoms with van der Waals surface area (Å²) in [4.78, 5) is 201. The van der Waals surface area contributed by atoms with Crippen LogP contribution in [0.2, 0.25) is 0 Å². The SMILES string of the molecule is CC[C@H](C)[C@H](NC(=O)[C@@H]1CCCN1C(=O)[C@H](C)NC(=O)[C@@H]1CCCN1C(=O)[C@H](CC(C)C)NC(=O)CNC(=O)[C@H](CCC(=O)O)NC(=O)[C@H](CC(N)=O)NC(=O)[C@H](Cc1cnc[nH]1)NC(=O)[C@@H](N)C(C)C)C(=O)N[C@H](C(=O)N[C@@H](CCCN=C(N)N)C(=O)O)C(C)C. The first-order valence-electron chi connectivity index (χ1n) is 31.0. The summed E-state index contributed by atoms with van der Waals surface area (Å²) in [5.41, 5.74) is 22.5. The van der Waals surface area contributed by atoms with Crippen LogP contribution in [0, 0.1) is 23.7 Å². The number of primary amides is 1. The number of aliphatic carboxylic acids is 2. The monoisotopic (exact) mass is 1300 g/mol. The van der Waals surface area contributed by atoms with E-state index in [4.69, 9.17) is 22.9 Å². The van der Waals surface area contributed by atoms with E-state index in [1.165, 1.54) is 29.2 Å². The molecule has 3 rings (SSSR count). The van der Waals surface area contributed by atoms with Crippen LogP contribution in [0.15, 0.2) is 17.5 Å². The van der Waals surface area contributed by atoms with Gasteiger partial charge in [0.15, 0.2) is 5.96 Å². The first-order chi connectivity index (χ1) is 43.2. The molecule has 34 nitrogen and oxygen atoms in total. The number of carboxylic acid groups (broad SMARTS) is 2. The number of nitrogens with zero attached hydrogens (tertiary/aromatic N) is 4. The molecular weight excluding hydrogens is 1200 g/mol. The number of guanidine groups is 1. The van der Waals surface area contributed by atoms with E-state index in [9.17, 15) is 77.3 Å². The molecule has 0 aliphatic carbocycles. The highest BCUT2D eigenvalue weighted by Crippen LogP contribution is 2.23. The third-order valence-electron chi connectivity index (χ3n) is 15.7. The van der Waals surface area contributed by atoms with Crippen molar-refractivity contribution in [2.24, 2.45) is 51.6 Å². The number of nitrogens with one attached hydrogen (secondary N) is 10. The quantitative estimate of drug-likeness (QED) is 0.0169. The van der Waals surface area contributed by atoms with E-state index < -0.39 is 187 Å². The number of H-pyrrole nitrogens is 1. The molecule has 92 heavy (non-hydrogen) atoms. The van der Waals surface area contributed by atoms with Gasteiger partial charge in [-0.2, -0.15) is 0 Å². The van der Waals surface area contributed by atoms with Gasteiger partial charge in [0.25, 0.3) is 0 Å². The molecule has 514 valence electrons. The molecule has 2 aliphatic rings. The third-order valence-corrected chi connectivity index (χ3v) is 15.7. The Morgan fingerprint density at radius 1 is 0.641 bits per heavy atom. The van der Waals surface area contributed by atoms with Crippen molar-refractivity contribution in [1.29, 1.82) is 0 Å². The highest BCUT2D eigenvalue weighted by atomic mass is 16.4. The van der Waals surface area contributed by atoms with Gasteiger partial charge in [0.05, 0.1) is 25.3 Å². The van der Waals surface area contributed by atoms with E-state index in [0.29, 0.717) is 25.0 Å². The molecule has 12 amide bonds. The zero-order chi connectivity index (χ0) is 69.3. The molecule has 0 aromatic carbocycles. The number of amides is 12. The summed E-state index contributed by atoms with van der Waals surface area (Å²) in [7, 11) is 0. The van der Waals surface area contributed by atoms with Crippen molar-refractivity contribution < 1.29 is 77.3 Å². The number of likely N-dealkylation sites (tertiary alicyclic amines) is 2. The van der Waals surface area contributed by atoms with Crippen molar-refractivity contribution in [2.45, 2.75) is 206 Å². The smallest absolute Gasteiger partial charge is 0.326 e. The molecule has 1 aromatic rings. The number of carbonyl (C=O) groups is 14. The summed E-state index contributed by atoms with van der Waals surface area (Å²) in [6, 6.07) is -14.2. The molecule has 34 heteroatoms. The van der Waals surface area contributed by atoms with Crippen LogP contribution >= 0.6 is 0 Å². The van der Waals surface area contributed by atoms with Crippen LogP contribution in [0.1, 0.15) is 139 Å². The van der Waals surface area contributed by atoms with E-state index in [2.05, 4.69) is 62.8 Å². The Labute approximate surface area is 533 Å². The molecule has 3 heterocycles. The van der Waals surface area contributed by atoms with E-state index in [-0.39, 0.29) is 76.0 Å². The molecule has 2 fully saturated rings. The lowest BCUT2D eigenvalue weighted by molar-refractivity contribution is -0.144. The van der Waals surface area contributed by atoms with E-state index >= 15 is 0 Å². The van der Waals surface area contributed by atoms with Crippen molar-refractivity contribution in [3.63, 3.8) is 0 Å². The number of aromatic amines is 1. The fourth-order valence-corrected chi connectivity index (χ4v) is 10.3. The van der Waals surface area contributed by atoms with Gasteiger partial charge in [-0.05, 0) is 82.0 Å². The second kappa shape index (κ2) is 37.4. The molecule has 0 radical (unpaired) electrons. The van der Waals surface area contributed by atoms with Crippen LogP contribution in [0.3, 0.4) is 0 Å². The van der Waals surface area contributed by atoms with Gasteiger partial charge in [-0.1, -0.05) is 61.8 Å². The van der Waals surface area contributed by atoms with Crippen LogP contribution in [0.4, 0.5) is 0 Å². The Kier molecular flexibility index (Phi) is 31.4. The minimum atomic E-state index is -1.76. The maximum atomic E-state index is 14.3. The number of hydrogen-bond acceptors (Lipinski definition) is 17. The maximum Gasteiger partial charge on any atom is 0.326 e. The van der Waals surface area contributed by atoms with Crippen LogP contribution in [0.25, 0.3) is 0 Å². The van der Waals surface area contributed by atoms with Crippen LogP contribution < -0.4 is 70.8 Å². The Morgan fingerprint density at radius 3 is 1.74 bits per heavy atom. The van der Waals surface area contributed by atoms with Crippen LogP contribution in [0.5, 0.6) is 0 Å².